The maximum atomic E-state index is 6.06. The highest BCUT2D eigenvalue weighted by Gasteiger charge is 2.09. The molecular formula is C15H24BrNO2. The Balaban J connectivity index is 2.67. The molecule has 0 fully saturated rings. The average molecular weight is 330 g/mol. The lowest BCUT2D eigenvalue weighted by molar-refractivity contribution is 0.188. The highest BCUT2D eigenvalue weighted by Crippen LogP contribution is 2.25. The topological polar surface area (TPSA) is 30.5 Å². The number of rotatable bonds is 9. The van der Waals surface area contributed by atoms with Gasteiger partial charge < -0.3 is 14.8 Å². The molecule has 0 aliphatic heterocycles. The molecule has 1 N–H and O–H groups in total. The molecular weight excluding hydrogens is 306 g/mol. The lowest BCUT2D eigenvalue weighted by atomic mass is 10.1. The lowest BCUT2D eigenvalue weighted by Gasteiger charge is -2.19. The van der Waals surface area contributed by atoms with Gasteiger partial charge in [-0.25, -0.2) is 0 Å². The normalized spacial score (nSPS) is 11.0. The van der Waals surface area contributed by atoms with Crippen LogP contribution < -0.4 is 10.1 Å². The van der Waals surface area contributed by atoms with Crippen LogP contribution in [0.3, 0.4) is 0 Å². The molecule has 0 bridgehead atoms. The highest BCUT2D eigenvalue weighted by atomic mass is 79.9. The van der Waals surface area contributed by atoms with E-state index >= 15 is 0 Å². The summed E-state index contributed by atoms with van der Waals surface area (Å²) in [4.78, 5) is 0. The SMILES string of the molecule is CCC(CC)Oc1ccc(Br)cc1CNCCOC. The zero-order valence-electron chi connectivity index (χ0n) is 12.0. The maximum Gasteiger partial charge on any atom is 0.124 e. The average Bonchev–Trinajstić information content (AvgIpc) is 2.43. The Hall–Kier alpha value is -0.580. The number of ether oxygens (including phenoxy) is 2. The summed E-state index contributed by atoms with van der Waals surface area (Å²) in [7, 11) is 1.71. The molecule has 0 spiro atoms. The highest BCUT2D eigenvalue weighted by molar-refractivity contribution is 9.10. The fraction of sp³-hybridized carbons (Fsp3) is 0.600. The first kappa shape index (κ1) is 16.5. The summed E-state index contributed by atoms with van der Waals surface area (Å²) < 4.78 is 12.2. The van der Waals surface area contributed by atoms with E-state index in [1.54, 1.807) is 7.11 Å². The van der Waals surface area contributed by atoms with Gasteiger partial charge >= 0.3 is 0 Å². The fourth-order valence-electron chi connectivity index (χ4n) is 1.83. The van der Waals surface area contributed by atoms with Gasteiger partial charge in [0.2, 0.25) is 0 Å². The van der Waals surface area contributed by atoms with Crippen LogP contribution in [0, 0.1) is 0 Å². The van der Waals surface area contributed by atoms with E-state index < -0.39 is 0 Å². The summed E-state index contributed by atoms with van der Waals surface area (Å²) in [5.41, 5.74) is 1.18. The minimum Gasteiger partial charge on any atom is -0.490 e. The van der Waals surface area contributed by atoms with E-state index in [1.165, 1.54) is 5.56 Å². The molecule has 0 aliphatic rings. The Morgan fingerprint density at radius 3 is 2.63 bits per heavy atom. The van der Waals surface area contributed by atoms with Crippen LogP contribution in [0.4, 0.5) is 0 Å². The van der Waals surface area contributed by atoms with Gasteiger partial charge in [-0.1, -0.05) is 29.8 Å². The molecule has 4 heteroatoms. The summed E-state index contributed by atoms with van der Waals surface area (Å²) in [6.45, 7) is 6.66. The molecule has 0 radical (unpaired) electrons. The molecule has 1 rings (SSSR count). The molecule has 3 nitrogen and oxygen atoms in total. The molecule has 1 aromatic carbocycles. The smallest absolute Gasteiger partial charge is 0.124 e. The molecule has 0 aliphatic carbocycles. The number of hydrogen-bond donors (Lipinski definition) is 1. The number of hydrogen-bond acceptors (Lipinski definition) is 3. The van der Waals surface area contributed by atoms with Crippen LogP contribution >= 0.6 is 15.9 Å². The van der Waals surface area contributed by atoms with Crippen molar-refractivity contribution in [2.75, 3.05) is 20.3 Å². The van der Waals surface area contributed by atoms with Crippen molar-refractivity contribution < 1.29 is 9.47 Å². The van der Waals surface area contributed by atoms with Crippen LogP contribution in [-0.4, -0.2) is 26.4 Å². The van der Waals surface area contributed by atoms with Crippen LogP contribution in [0.25, 0.3) is 0 Å². The van der Waals surface area contributed by atoms with Gasteiger partial charge in [-0.15, -0.1) is 0 Å². The largest absolute Gasteiger partial charge is 0.490 e. The molecule has 1 aromatic rings. The van der Waals surface area contributed by atoms with Gasteiger partial charge in [-0.3, -0.25) is 0 Å². The second kappa shape index (κ2) is 9.34. The number of benzene rings is 1. The van der Waals surface area contributed by atoms with Crippen molar-refractivity contribution in [2.45, 2.75) is 39.3 Å². The first-order valence-electron chi connectivity index (χ1n) is 6.86. The van der Waals surface area contributed by atoms with Gasteiger partial charge in [-0.05, 0) is 31.0 Å². The summed E-state index contributed by atoms with van der Waals surface area (Å²) in [5, 5.41) is 3.35. The van der Waals surface area contributed by atoms with Crippen molar-refractivity contribution in [2.24, 2.45) is 0 Å². The third-order valence-corrected chi connectivity index (χ3v) is 3.52. The first-order chi connectivity index (χ1) is 9.21. The molecule has 0 amide bonds. The van der Waals surface area contributed by atoms with Crippen molar-refractivity contribution in [1.29, 1.82) is 0 Å². The van der Waals surface area contributed by atoms with Crippen molar-refractivity contribution >= 4 is 15.9 Å². The van der Waals surface area contributed by atoms with E-state index in [2.05, 4.69) is 41.2 Å². The van der Waals surface area contributed by atoms with E-state index in [-0.39, 0.29) is 0 Å². The fourth-order valence-corrected chi connectivity index (χ4v) is 2.24. The maximum absolute atomic E-state index is 6.06. The van der Waals surface area contributed by atoms with E-state index in [0.29, 0.717) is 6.10 Å². The predicted octanol–water partition coefficient (Wildman–Crippen LogP) is 3.75. The second-order valence-corrected chi connectivity index (χ2v) is 5.39. The molecule has 0 atom stereocenters. The van der Waals surface area contributed by atoms with Gasteiger partial charge in [0.1, 0.15) is 5.75 Å². The standard InChI is InChI=1S/C15H24BrNO2/c1-4-14(5-2)19-15-7-6-13(16)10-12(15)11-17-8-9-18-3/h6-7,10,14,17H,4-5,8-9,11H2,1-3H3. The minimum atomic E-state index is 0.291. The number of methoxy groups -OCH3 is 1. The van der Waals surface area contributed by atoms with Crippen LogP contribution in [0.1, 0.15) is 32.3 Å². The Morgan fingerprint density at radius 2 is 2.00 bits per heavy atom. The molecule has 0 heterocycles. The third kappa shape index (κ3) is 5.93. The molecule has 0 saturated heterocycles. The Morgan fingerprint density at radius 1 is 1.26 bits per heavy atom. The number of halogens is 1. The zero-order valence-corrected chi connectivity index (χ0v) is 13.6. The molecule has 0 saturated carbocycles. The number of nitrogens with one attached hydrogen (secondary N) is 1. The van der Waals surface area contributed by atoms with Crippen molar-refractivity contribution in [1.82, 2.24) is 5.32 Å². The van der Waals surface area contributed by atoms with E-state index in [1.807, 2.05) is 12.1 Å². The van der Waals surface area contributed by atoms with Crippen molar-refractivity contribution in [3.8, 4) is 5.75 Å². The zero-order chi connectivity index (χ0) is 14.1. The molecule has 0 unspecified atom stereocenters. The van der Waals surface area contributed by atoms with Gasteiger partial charge in [0.15, 0.2) is 0 Å². The van der Waals surface area contributed by atoms with Gasteiger partial charge in [0.05, 0.1) is 12.7 Å². The Labute approximate surface area is 124 Å². The van der Waals surface area contributed by atoms with E-state index in [4.69, 9.17) is 9.47 Å². The lowest BCUT2D eigenvalue weighted by Crippen LogP contribution is -2.20. The van der Waals surface area contributed by atoms with Crippen LogP contribution in [0.5, 0.6) is 5.75 Å². The monoisotopic (exact) mass is 329 g/mol. The van der Waals surface area contributed by atoms with Crippen LogP contribution in [-0.2, 0) is 11.3 Å². The molecule has 0 aromatic heterocycles. The Kier molecular flexibility index (Phi) is 8.10. The van der Waals surface area contributed by atoms with Gasteiger partial charge in [0, 0.05) is 30.2 Å². The third-order valence-electron chi connectivity index (χ3n) is 3.03. The summed E-state index contributed by atoms with van der Waals surface area (Å²) in [5.74, 6) is 0.974. The minimum absolute atomic E-state index is 0.291. The predicted molar refractivity (Wildman–Crippen MR) is 82.7 cm³/mol. The molecule has 19 heavy (non-hydrogen) atoms. The van der Waals surface area contributed by atoms with Crippen LogP contribution in [0.15, 0.2) is 22.7 Å². The second-order valence-electron chi connectivity index (χ2n) is 4.48. The summed E-state index contributed by atoms with van der Waals surface area (Å²) in [6.07, 6.45) is 2.35. The van der Waals surface area contributed by atoms with E-state index in [0.717, 1.165) is 42.8 Å². The van der Waals surface area contributed by atoms with Crippen molar-refractivity contribution in [3.05, 3.63) is 28.2 Å². The first-order valence-corrected chi connectivity index (χ1v) is 7.65. The van der Waals surface area contributed by atoms with Gasteiger partial charge in [-0.2, -0.15) is 0 Å². The summed E-state index contributed by atoms with van der Waals surface area (Å²) in [6, 6.07) is 6.17. The molecule has 108 valence electrons. The van der Waals surface area contributed by atoms with Crippen molar-refractivity contribution in [3.63, 3.8) is 0 Å². The quantitative estimate of drug-likeness (QED) is 0.700. The van der Waals surface area contributed by atoms with Crippen LogP contribution in [0.2, 0.25) is 0 Å². The summed E-state index contributed by atoms with van der Waals surface area (Å²) >= 11 is 3.51. The van der Waals surface area contributed by atoms with Gasteiger partial charge in [0.25, 0.3) is 0 Å². The Bertz CT molecular complexity index is 367. The van der Waals surface area contributed by atoms with E-state index in [9.17, 15) is 0 Å².